The van der Waals surface area contributed by atoms with E-state index in [1.165, 1.54) is 0 Å². The first-order valence-corrected chi connectivity index (χ1v) is 5.35. The van der Waals surface area contributed by atoms with Gasteiger partial charge in [0.05, 0.1) is 18.4 Å². The fraction of sp³-hybridized carbons (Fsp3) is 0.167. The van der Waals surface area contributed by atoms with Crippen molar-refractivity contribution in [2.75, 3.05) is 6.54 Å². The number of carbonyl (C=O) groups excluding carboxylic acids is 1. The van der Waals surface area contributed by atoms with Gasteiger partial charge in [0.2, 0.25) is 5.91 Å². The number of nitrogens with zero attached hydrogens (tertiary/aromatic N) is 2. The average molecular weight is 230 g/mol. The van der Waals surface area contributed by atoms with E-state index in [0.717, 1.165) is 11.3 Å². The Bertz CT molecular complexity index is 492. The van der Waals surface area contributed by atoms with Crippen molar-refractivity contribution < 1.29 is 4.79 Å². The van der Waals surface area contributed by atoms with Crippen LogP contribution in [-0.4, -0.2) is 22.2 Å². The molecule has 0 aliphatic rings. The molecule has 88 valence electrons. The summed E-state index contributed by atoms with van der Waals surface area (Å²) in [5, 5.41) is 6.92. The van der Waals surface area contributed by atoms with Crippen LogP contribution in [0.1, 0.15) is 5.56 Å². The van der Waals surface area contributed by atoms with Crippen LogP contribution in [0, 0.1) is 0 Å². The minimum absolute atomic E-state index is 0.00677. The Balaban J connectivity index is 2.04. The zero-order valence-electron chi connectivity index (χ0n) is 9.34. The predicted octanol–water partition coefficient (Wildman–Crippen LogP) is 0.447. The first-order valence-electron chi connectivity index (χ1n) is 5.35. The van der Waals surface area contributed by atoms with Gasteiger partial charge in [-0.3, -0.25) is 4.79 Å². The molecule has 17 heavy (non-hydrogen) atoms. The molecule has 1 amide bonds. The van der Waals surface area contributed by atoms with Gasteiger partial charge in [0.1, 0.15) is 0 Å². The smallest absolute Gasteiger partial charge is 0.234 e. The Kier molecular flexibility index (Phi) is 3.52. The highest BCUT2D eigenvalue weighted by Gasteiger charge is 2.02. The number of aromatic nitrogens is 2. The maximum atomic E-state index is 11.0. The normalized spacial score (nSPS) is 10.2. The molecule has 0 saturated heterocycles. The minimum Gasteiger partial charge on any atom is -0.351 e. The van der Waals surface area contributed by atoms with Crippen LogP contribution in [0.4, 0.5) is 0 Å². The highest BCUT2D eigenvalue weighted by atomic mass is 16.1. The van der Waals surface area contributed by atoms with Crippen LogP contribution in [0.5, 0.6) is 0 Å². The summed E-state index contributed by atoms with van der Waals surface area (Å²) in [5.41, 5.74) is 7.13. The number of hydrogen-bond acceptors (Lipinski definition) is 3. The maximum absolute atomic E-state index is 11.0. The summed E-state index contributed by atoms with van der Waals surface area (Å²) < 4.78 is 1.77. The van der Waals surface area contributed by atoms with Crippen LogP contribution < -0.4 is 11.1 Å². The number of hydrogen-bond donors (Lipinski definition) is 2. The zero-order valence-corrected chi connectivity index (χ0v) is 9.34. The molecular weight excluding hydrogens is 216 g/mol. The second-order valence-corrected chi connectivity index (χ2v) is 3.61. The van der Waals surface area contributed by atoms with E-state index in [1.807, 2.05) is 36.5 Å². The van der Waals surface area contributed by atoms with Gasteiger partial charge >= 0.3 is 0 Å². The van der Waals surface area contributed by atoms with Crippen LogP contribution in [0.25, 0.3) is 5.69 Å². The van der Waals surface area contributed by atoms with E-state index >= 15 is 0 Å². The van der Waals surface area contributed by atoms with Gasteiger partial charge in [0, 0.05) is 18.3 Å². The van der Waals surface area contributed by atoms with Gasteiger partial charge in [-0.25, -0.2) is 4.68 Å². The number of amides is 1. The van der Waals surface area contributed by atoms with Crippen molar-refractivity contribution >= 4 is 5.91 Å². The molecule has 0 aliphatic carbocycles. The van der Waals surface area contributed by atoms with Gasteiger partial charge in [0.15, 0.2) is 0 Å². The lowest BCUT2D eigenvalue weighted by Crippen LogP contribution is -2.29. The molecule has 3 N–H and O–H groups in total. The molecule has 1 aromatic heterocycles. The first kappa shape index (κ1) is 11.3. The van der Waals surface area contributed by atoms with Gasteiger partial charge in [0.25, 0.3) is 0 Å². The van der Waals surface area contributed by atoms with E-state index in [1.54, 1.807) is 10.9 Å². The standard InChI is InChI=1S/C12H14N4O/c13-6-12(17)14-7-10-8-15-16(9-10)11-4-2-1-3-5-11/h1-5,8-9H,6-7,13H2,(H,14,17). The van der Waals surface area contributed by atoms with Crippen molar-refractivity contribution in [3.63, 3.8) is 0 Å². The summed E-state index contributed by atoms with van der Waals surface area (Å²) >= 11 is 0. The van der Waals surface area contributed by atoms with Gasteiger partial charge < -0.3 is 11.1 Å². The monoisotopic (exact) mass is 230 g/mol. The molecule has 0 bridgehead atoms. The van der Waals surface area contributed by atoms with Crippen molar-refractivity contribution in [3.05, 3.63) is 48.3 Å². The zero-order chi connectivity index (χ0) is 12.1. The second kappa shape index (κ2) is 5.27. The van der Waals surface area contributed by atoms with E-state index in [0.29, 0.717) is 6.54 Å². The third kappa shape index (κ3) is 2.92. The fourth-order valence-corrected chi connectivity index (χ4v) is 1.45. The Hall–Kier alpha value is -2.14. The van der Waals surface area contributed by atoms with Crippen molar-refractivity contribution in [1.29, 1.82) is 0 Å². The van der Waals surface area contributed by atoms with Crippen LogP contribution in [0.2, 0.25) is 0 Å². The quantitative estimate of drug-likeness (QED) is 0.800. The molecule has 0 spiro atoms. The number of para-hydroxylation sites is 1. The van der Waals surface area contributed by atoms with Crippen LogP contribution >= 0.6 is 0 Å². The lowest BCUT2D eigenvalue weighted by atomic mass is 10.3. The molecule has 2 rings (SSSR count). The first-order chi connectivity index (χ1) is 8.29. The summed E-state index contributed by atoms with van der Waals surface area (Å²) in [6.07, 6.45) is 3.61. The molecule has 5 nitrogen and oxygen atoms in total. The average Bonchev–Trinajstić information content (AvgIpc) is 2.86. The Labute approximate surface area is 99.2 Å². The topological polar surface area (TPSA) is 72.9 Å². The highest BCUT2D eigenvalue weighted by molar-refractivity contribution is 5.77. The number of nitrogens with two attached hydrogens (primary N) is 1. The summed E-state index contributed by atoms with van der Waals surface area (Å²) in [5.74, 6) is -0.169. The Morgan fingerprint density at radius 2 is 2.12 bits per heavy atom. The third-order valence-electron chi connectivity index (χ3n) is 2.33. The number of benzene rings is 1. The lowest BCUT2D eigenvalue weighted by Gasteiger charge is -2.00. The molecule has 1 aromatic carbocycles. The lowest BCUT2D eigenvalue weighted by molar-refractivity contribution is -0.119. The van der Waals surface area contributed by atoms with Crippen LogP contribution in [0.15, 0.2) is 42.7 Å². The van der Waals surface area contributed by atoms with Crippen molar-refractivity contribution in [2.24, 2.45) is 5.73 Å². The number of carbonyl (C=O) groups is 1. The van der Waals surface area contributed by atoms with Crippen LogP contribution in [0.3, 0.4) is 0 Å². The Morgan fingerprint density at radius 1 is 1.35 bits per heavy atom. The molecule has 0 unspecified atom stereocenters. The van der Waals surface area contributed by atoms with Gasteiger partial charge in [-0.05, 0) is 12.1 Å². The molecule has 0 aliphatic heterocycles. The van der Waals surface area contributed by atoms with E-state index < -0.39 is 0 Å². The molecule has 1 heterocycles. The van der Waals surface area contributed by atoms with Crippen molar-refractivity contribution in [2.45, 2.75) is 6.54 Å². The Morgan fingerprint density at radius 3 is 2.82 bits per heavy atom. The molecule has 0 saturated carbocycles. The van der Waals surface area contributed by atoms with E-state index in [-0.39, 0.29) is 12.5 Å². The summed E-state index contributed by atoms with van der Waals surface area (Å²) in [4.78, 5) is 11.0. The maximum Gasteiger partial charge on any atom is 0.234 e. The molecule has 0 atom stereocenters. The number of rotatable bonds is 4. The third-order valence-corrected chi connectivity index (χ3v) is 2.33. The summed E-state index contributed by atoms with van der Waals surface area (Å²) in [6, 6.07) is 9.79. The summed E-state index contributed by atoms with van der Waals surface area (Å²) in [6.45, 7) is 0.454. The second-order valence-electron chi connectivity index (χ2n) is 3.61. The van der Waals surface area contributed by atoms with Crippen LogP contribution in [-0.2, 0) is 11.3 Å². The molecule has 5 heteroatoms. The summed E-state index contributed by atoms with van der Waals surface area (Å²) in [7, 11) is 0. The SMILES string of the molecule is NCC(=O)NCc1cnn(-c2ccccc2)c1. The largest absolute Gasteiger partial charge is 0.351 e. The molecule has 0 fully saturated rings. The predicted molar refractivity (Wildman–Crippen MR) is 64.5 cm³/mol. The van der Waals surface area contributed by atoms with Crippen molar-refractivity contribution in [1.82, 2.24) is 15.1 Å². The molecule has 0 radical (unpaired) electrons. The minimum atomic E-state index is -0.169. The fourth-order valence-electron chi connectivity index (χ4n) is 1.45. The van der Waals surface area contributed by atoms with E-state index in [9.17, 15) is 4.79 Å². The van der Waals surface area contributed by atoms with Gasteiger partial charge in [-0.15, -0.1) is 0 Å². The number of nitrogens with one attached hydrogen (secondary N) is 1. The van der Waals surface area contributed by atoms with E-state index in [4.69, 9.17) is 5.73 Å². The van der Waals surface area contributed by atoms with E-state index in [2.05, 4.69) is 10.4 Å². The van der Waals surface area contributed by atoms with Gasteiger partial charge in [-0.2, -0.15) is 5.10 Å². The molecule has 2 aromatic rings. The molecular formula is C12H14N4O. The highest BCUT2D eigenvalue weighted by Crippen LogP contribution is 2.07. The van der Waals surface area contributed by atoms with Crippen molar-refractivity contribution in [3.8, 4) is 5.69 Å². The van der Waals surface area contributed by atoms with Gasteiger partial charge in [-0.1, -0.05) is 18.2 Å².